The van der Waals surface area contributed by atoms with Gasteiger partial charge in [-0.15, -0.1) is 0 Å². The fraction of sp³-hybridized carbons (Fsp3) is 0.190. The lowest BCUT2D eigenvalue weighted by atomic mass is 10.2. The van der Waals surface area contributed by atoms with E-state index in [0.717, 1.165) is 16.7 Å². The van der Waals surface area contributed by atoms with Gasteiger partial charge in [0, 0.05) is 12.4 Å². The van der Waals surface area contributed by atoms with Gasteiger partial charge in [-0.05, 0) is 60.9 Å². The predicted molar refractivity (Wildman–Crippen MR) is 107 cm³/mol. The average Bonchev–Trinajstić information content (AvgIpc) is 2.66. The summed E-state index contributed by atoms with van der Waals surface area (Å²) in [6.07, 6.45) is 3.34. The molecule has 3 aromatic rings. The molecule has 0 bridgehead atoms. The quantitative estimate of drug-likeness (QED) is 0.644. The number of pyridine rings is 1. The maximum absolute atomic E-state index is 13.6. The summed E-state index contributed by atoms with van der Waals surface area (Å²) >= 11 is 0. The van der Waals surface area contributed by atoms with E-state index in [1.807, 2.05) is 44.2 Å². The molecule has 0 aliphatic rings. The van der Waals surface area contributed by atoms with Crippen molar-refractivity contribution in [2.45, 2.75) is 25.3 Å². The molecule has 0 aliphatic heterocycles. The second-order valence-electron chi connectivity index (χ2n) is 6.37. The van der Waals surface area contributed by atoms with Crippen LogP contribution < -0.4 is 9.04 Å². The van der Waals surface area contributed by atoms with Crippen LogP contribution in [0.2, 0.25) is 0 Å². The second kappa shape index (κ2) is 7.80. The Bertz CT molecular complexity index is 1030. The zero-order valence-corrected chi connectivity index (χ0v) is 16.4. The number of sulfonamides is 1. The molecule has 0 aliphatic carbocycles. The van der Waals surface area contributed by atoms with Gasteiger partial charge in [0.2, 0.25) is 0 Å². The molecule has 5 nitrogen and oxygen atoms in total. The highest BCUT2D eigenvalue weighted by Gasteiger charge is 2.28. The van der Waals surface area contributed by atoms with Crippen molar-refractivity contribution in [3.8, 4) is 5.75 Å². The van der Waals surface area contributed by atoms with E-state index in [9.17, 15) is 8.42 Å². The maximum atomic E-state index is 13.6. The number of anilines is 1. The molecule has 2 aromatic carbocycles. The summed E-state index contributed by atoms with van der Waals surface area (Å²) in [5, 5.41) is 0. The first kappa shape index (κ1) is 18.9. The topological polar surface area (TPSA) is 59.5 Å². The molecule has 0 N–H and O–H groups in total. The molecule has 0 saturated heterocycles. The Labute approximate surface area is 160 Å². The average molecular weight is 382 g/mol. The normalized spacial score (nSPS) is 11.2. The summed E-state index contributed by atoms with van der Waals surface area (Å²) in [6.45, 7) is 3.97. The van der Waals surface area contributed by atoms with Crippen LogP contribution in [-0.4, -0.2) is 20.5 Å². The van der Waals surface area contributed by atoms with Crippen LogP contribution in [0.25, 0.3) is 0 Å². The fourth-order valence-corrected chi connectivity index (χ4v) is 4.55. The van der Waals surface area contributed by atoms with Gasteiger partial charge in [0.15, 0.2) is 0 Å². The SMILES string of the molecule is COc1ccc(C)cc1S(=O)(=O)N(Cc1cccnc1)c1cccc(C)c1. The lowest BCUT2D eigenvalue weighted by molar-refractivity contribution is 0.402. The van der Waals surface area contributed by atoms with Crippen molar-refractivity contribution in [2.24, 2.45) is 0 Å². The summed E-state index contributed by atoms with van der Waals surface area (Å²) in [7, 11) is -2.38. The first-order valence-corrected chi connectivity index (χ1v) is 9.99. The van der Waals surface area contributed by atoms with Crippen LogP contribution in [0.15, 0.2) is 71.9 Å². The van der Waals surface area contributed by atoms with Crippen molar-refractivity contribution < 1.29 is 13.2 Å². The molecular formula is C21H22N2O3S. The van der Waals surface area contributed by atoms with Crippen molar-refractivity contribution >= 4 is 15.7 Å². The lowest BCUT2D eigenvalue weighted by Gasteiger charge is -2.26. The van der Waals surface area contributed by atoms with Gasteiger partial charge >= 0.3 is 0 Å². The van der Waals surface area contributed by atoms with Gasteiger partial charge in [0.05, 0.1) is 19.3 Å². The minimum Gasteiger partial charge on any atom is -0.495 e. The van der Waals surface area contributed by atoms with Crippen LogP contribution in [0.5, 0.6) is 5.75 Å². The van der Waals surface area contributed by atoms with E-state index in [4.69, 9.17) is 4.74 Å². The Morgan fingerprint density at radius 1 is 1.00 bits per heavy atom. The molecule has 0 spiro atoms. The molecular weight excluding hydrogens is 360 g/mol. The summed E-state index contributed by atoms with van der Waals surface area (Å²) in [5.74, 6) is 0.324. The number of benzene rings is 2. The molecule has 140 valence electrons. The smallest absolute Gasteiger partial charge is 0.268 e. The van der Waals surface area contributed by atoms with Gasteiger partial charge in [-0.1, -0.05) is 24.3 Å². The number of hydrogen-bond acceptors (Lipinski definition) is 4. The van der Waals surface area contributed by atoms with E-state index in [0.29, 0.717) is 11.4 Å². The lowest BCUT2D eigenvalue weighted by Crippen LogP contribution is -2.31. The number of methoxy groups -OCH3 is 1. The molecule has 0 atom stereocenters. The van der Waals surface area contributed by atoms with Crippen LogP contribution in [0.1, 0.15) is 16.7 Å². The van der Waals surface area contributed by atoms with Crippen molar-refractivity contribution in [1.82, 2.24) is 4.98 Å². The van der Waals surface area contributed by atoms with Crippen molar-refractivity contribution in [1.29, 1.82) is 0 Å². The van der Waals surface area contributed by atoms with Gasteiger partial charge in [0.25, 0.3) is 10.0 Å². The molecule has 1 heterocycles. The van der Waals surface area contributed by atoms with E-state index in [-0.39, 0.29) is 11.4 Å². The highest BCUT2D eigenvalue weighted by molar-refractivity contribution is 7.92. The number of hydrogen-bond donors (Lipinski definition) is 0. The molecule has 0 unspecified atom stereocenters. The van der Waals surface area contributed by atoms with Crippen molar-refractivity contribution in [3.63, 3.8) is 0 Å². The fourth-order valence-electron chi connectivity index (χ4n) is 2.86. The number of aromatic nitrogens is 1. The van der Waals surface area contributed by atoms with Crippen molar-refractivity contribution in [3.05, 3.63) is 83.7 Å². The van der Waals surface area contributed by atoms with Gasteiger partial charge in [0.1, 0.15) is 10.6 Å². The summed E-state index contributed by atoms with van der Waals surface area (Å²) in [6, 6.07) is 16.2. The number of ether oxygens (including phenoxy) is 1. The number of nitrogens with zero attached hydrogens (tertiary/aromatic N) is 2. The van der Waals surface area contributed by atoms with Crippen LogP contribution >= 0.6 is 0 Å². The Hall–Kier alpha value is -2.86. The standard InChI is InChI=1S/C21H22N2O3S/c1-16-6-4-8-19(12-16)23(15-18-7-5-11-22-14-18)27(24,25)21-13-17(2)9-10-20(21)26-3/h4-14H,15H2,1-3H3. The molecule has 0 amide bonds. The van der Waals surface area contributed by atoms with Gasteiger partial charge in [-0.3, -0.25) is 9.29 Å². The van der Waals surface area contributed by atoms with E-state index in [1.54, 1.807) is 36.7 Å². The van der Waals surface area contributed by atoms with Crippen molar-refractivity contribution in [2.75, 3.05) is 11.4 Å². The molecule has 6 heteroatoms. The summed E-state index contributed by atoms with van der Waals surface area (Å²) < 4.78 is 33.9. The first-order valence-electron chi connectivity index (χ1n) is 8.55. The summed E-state index contributed by atoms with van der Waals surface area (Å²) in [5.41, 5.74) is 3.23. The number of rotatable bonds is 6. The second-order valence-corrected chi connectivity index (χ2v) is 8.20. The van der Waals surface area contributed by atoms with E-state index in [1.165, 1.54) is 11.4 Å². The van der Waals surface area contributed by atoms with Crippen LogP contribution in [0, 0.1) is 13.8 Å². The van der Waals surface area contributed by atoms with E-state index in [2.05, 4.69) is 4.98 Å². The molecule has 0 fully saturated rings. The molecule has 0 radical (unpaired) electrons. The minimum absolute atomic E-state index is 0.149. The highest BCUT2D eigenvalue weighted by Crippen LogP contribution is 2.32. The zero-order valence-electron chi connectivity index (χ0n) is 15.6. The molecule has 27 heavy (non-hydrogen) atoms. The Morgan fingerprint density at radius 3 is 2.44 bits per heavy atom. The molecule has 3 rings (SSSR count). The Morgan fingerprint density at radius 2 is 1.78 bits per heavy atom. The largest absolute Gasteiger partial charge is 0.495 e. The van der Waals surface area contributed by atoms with Crippen LogP contribution in [0.4, 0.5) is 5.69 Å². The monoisotopic (exact) mass is 382 g/mol. The third kappa shape index (κ3) is 4.11. The predicted octanol–water partition coefficient (Wildman–Crippen LogP) is 4.10. The summed E-state index contributed by atoms with van der Waals surface area (Å²) in [4.78, 5) is 4.25. The Kier molecular flexibility index (Phi) is 5.46. The van der Waals surface area contributed by atoms with Crippen LogP contribution in [-0.2, 0) is 16.6 Å². The zero-order chi connectivity index (χ0) is 19.4. The molecule has 0 saturated carbocycles. The molecule has 1 aromatic heterocycles. The third-order valence-corrected chi connectivity index (χ3v) is 6.02. The maximum Gasteiger partial charge on any atom is 0.268 e. The van der Waals surface area contributed by atoms with Gasteiger partial charge in [-0.2, -0.15) is 0 Å². The minimum atomic E-state index is -3.85. The number of aryl methyl sites for hydroxylation is 2. The van der Waals surface area contributed by atoms with Gasteiger partial charge < -0.3 is 4.74 Å². The Balaban J connectivity index is 2.16. The van der Waals surface area contributed by atoms with E-state index < -0.39 is 10.0 Å². The van der Waals surface area contributed by atoms with E-state index >= 15 is 0 Å². The first-order chi connectivity index (χ1) is 12.9. The van der Waals surface area contributed by atoms with Gasteiger partial charge in [-0.25, -0.2) is 8.42 Å². The van der Waals surface area contributed by atoms with Crippen LogP contribution in [0.3, 0.4) is 0 Å². The third-order valence-electron chi connectivity index (χ3n) is 4.23. The highest BCUT2D eigenvalue weighted by atomic mass is 32.2.